The number of nitrogens with one attached hydrogen (secondary N) is 1. The van der Waals surface area contributed by atoms with E-state index in [1.165, 1.54) is 37.6 Å². The van der Waals surface area contributed by atoms with Crippen molar-refractivity contribution in [3.63, 3.8) is 0 Å². The molecule has 5 rings (SSSR count). The van der Waals surface area contributed by atoms with Crippen molar-refractivity contribution >= 4 is 40.0 Å². The van der Waals surface area contributed by atoms with E-state index in [9.17, 15) is 5.41 Å². The van der Waals surface area contributed by atoms with Gasteiger partial charge in [0.25, 0.3) is 0 Å². The maximum atomic E-state index is 9.97. The topological polar surface area (TPSA) is 39.5 Å². The zero-order valence-corrected chi connectivity index (χ0v) is 32.6. The molecule has 3 nitrogen and oxygen atoms in total. The van der Waals surface area contributed by atoms with Crippen LogP contribution in [0.5, 0.6) is 0 Å². The van der Waals surface area contributed by atoms with Gasteiger partial charge in [0, 0.05) is 28.0 Å². The molecule has 2 heterocycles. The van der Waals surface area contributed by atoms with E-state index in [1.54, 1.807) is 5.57 Å². The highest BCUT2D eigenvalue weighted by Gasteiger charge is 2.51. The van der Waals surface area contributed by atoms with E-state index in [1.807, 2.05) is 22.7 Å². The minimum Gasteiger partial charge on any atom is -0.288 e. The van der Waals surface area contributed by atoms with E-state index in [0.29, 0.717) is 30.0 Å². The molecule has 0 saturated heterocycles. The summed E-state index contributed by atoms with van der Waals surface area (Å²) >= 11 is 3.78. The molecule has 0 radical (unpaired) electrons. The lowest BCUT2D eigenvalue weighted by molar-refractivity contribution is 0.492. The smallest absolute Gasteiger partial charge is 0.123 e. The van der Waals surface area contributed by atoms with Crippen LogP contribution in [0.15, 0.2) is 98.7 Å². The average Bonchev–Trinajstić information content (AvgIpc) is 3.81. The Hall–Kier alpha value is -3.28. The molecule has 0 saturated carbocycles. The predicted octanol–water partition coefficient (Wildman–Crippen LogP) is 12.9. The largest absolute Gasteiger partial charge is 0.288 e. The van der Waals surface area contributed by atoms with Gasteiger partial charge in [-0.25, -0.2) is 0 Å². The Morgan fingerprint density at radius 3 is 2.21 bits per heavy atom. The van der Waals surface area contributed by atoms with Crippen molar-refractivity contribution in [2.45, 2.75) is 113 Å². The van der Waals surface area contributed by atoms with Crippen LogP contribution in [0.4, 0.5) is 5.69 Å². The van der Waals surface area contributed by atoms with Crippen molar-refractivity contribution in [1.29, 1.82) is 5.41 Å². The van der Waals surface area contributed by atoms with Crippen LogP contribution < -0.4 is 4.90 Å². The highest BCUT2D eigenvalue weighted by Crippen LogP contribution is 2.61. The maximum absolute atomic E-state index is 9.97. The first kappa shape index (κ1) is 36.0. The second-order valence-corrected chi connectivity index (χ2v) is 16.7. The number of benzene rings is 1. The molecule has 254 valence electrons. The van der Waals surface area contributed by atoms with Crippen LogP contribution in [0.25, 0.3) is 0 Å². The molecule has 4 atom stereocenters. The van der Waals surface area contributed by atoms with E-state index >= 15 is 0 Å². The fourth-order valence-electron chi connectivity index (χ4n) is 8.00. The molecule has 2 aromatic heterocycles. The Bertz CT molecular complexity index is 1770. The summed E-state index contributed by atoms with van der Waals surface area (Å²) in [6, 6.07) is 13.6. The Morgan fingerprint density at radius 2 is 1.67 bits per heavy atom. The number of aryl methyl sites for hydroxylation is 3. The van der Waals surface area contributed by atoms with Crippen LogP contribution in [-0.2, 0) is 0 Å². The van der Waals surface area contributed by atoms with Crippen LogP contribution in [0.1, 0.15) is 113 Å². The maximum Gasteiger partial charge on any atom is 0.123 e. The highest BCUT2D eigenvalue weighted by molar-refractivity contribution is 7.10. The SMILES string of the molecule is C/C=C\C(=C/C)CC(=N)N(C(=NC(C)(C)CC)C1(C)C=C(C)C(C)C2=C1CC(c1cccs1)C2c1cccs1)c1c(C)cc(C)cc1C. The summed E-state index contributed by atoms with van der Waals surface area (Å²) in [5.41, 5.74) is 9.42. The Balaban J connectivity index is 1.83. The fraction of sp³-hybridized carbons (Fsp3) is 0.442. The standard InChI is InChI=1S/C43H55N3S2/c1-12-17-32(13-2)24-37(44)46(40-28(5)22-27(4)23-29(40)6)41(45-42(9,10)14-3)43(11)26-30(7)31(8)38-34(43)25-33(35-18-15-20-47-35)39(38)36-19-16-21-48-36/h12-13,15-23,26,31,33,39,44H,14,24-25H2,1-11H3/b17-12-,32-13+,44-37?,45-41?. The molecular formula is C43H55N3S2. The van der Waals surface area contributed by atoms with Crippen molar-refractivity contribution in [3.8, 4) is 0 Å². The molecular weight excluding hydrogens is 623 g/mol. The molecule has 0 amide bonds. The number of hydrogen-bond donors (Lipinski definition) is 1. The lowest BCUT2D eigenvalue weighted by atomic mass is 9.68. The zero-order valence-electron chi connectivity index (χ0n) is 31.0. The number of allylic oxidation sites excluding steroid dienone is 5. The Kier molecular flexibility index (Phi) is 10.7. The number of rotatable bonds is 9. The minimum atomic E-state index is -0.507. The number of thiophene rings is 2. The quantitative estimate of drug-likeness (QED) is 0.104. The van der Waals surface area contributed by atoms with Crippen molar-refractivity contribution in [2.24, 2.45) is 16.3 Å². The lowest BCUT2D eigenvalue weighted by Gasteiger charge is -2.44. The summed E-state index contributed by atoms with van der Waals surface area (Å²) in [5, 5.41) is 14.4. The fourth-order valence-corrected chi connectivity index (χ4v) is 9.78. The summed E-state index contributed by atoms with van der Waals surface area (Å²) in [5.74, 6) is 2.58. The van der Waals surface area contributed by atoms with Gasteiger partial charge in [-0.15, -0.1) is 22.7 Å². The molecule has 0 spiro atoms. The molecule has 0 bridgehead atoms. The van der Waals surface area contributed by atoms with E-state index in [4.69, 9.17) is 4.99 Å². The molecule has 2 aliphatic rings. The third-order valence-electron chi connectivity index (χ3n) is 10.8. The van der Waals surface area contributed by atoms with E-state index in [0.717, 1.165) is 29.9 Å². The summed E-state index contributed by atoms with van der Waals surface area (Å²) in [4.78, 5) is 11.0. The number of amidine groups is 2. The van der Waals surface area contributed by atoms with Gasteiger partial charge in [-0.3, -0.25) is 15.3 Å². The molecule has 0 aliphatic heterocycles. The van der Waals surface area contributed by atoms with Gasteiger partial charge >= 0.3 is 0 Å². The first-order valence-corrected chi connectivity index (χ1v) is 19.3. The van der Waals surface area contributed by atoms with Crippen molar-refractivity contribution in [1.82, 2.24) is 0 Å². The van der Waals surface area contributed by atoms with Crippen LogP contribution >= 0.6 is 22.7 Å². The summed E-state index contributed by atoms with van der Waals surface area (Å²) in [7, 11) is 0. The van der Waals surface area contributed by atoms with Gasteiger partial charge in [-0.05, 0) is 121 Å². The van der Waals surface area contributed by atoms with E-state index < -0.39 is 5.41 Å². The number of hydrogen-bond acceptors (Lipinski definition) is 4. The van der Waals surface area contributed by atoms with Gasteiger partial charge in [0.05, 0.1) is 16.6 Å². The number of aliphatic imine (C=N–C) groups is 1. The number of nitrogens with zero attached hydrogens (tertiary/aromatic N) is 2. The second kappa shape index (κ2) is 14.3. The lowest BCUT2D eigenvalue weighted by Crippen LogP contribution is -2.49. The van der Waals surface area contributed by atoms with Crippen molar-refractivity contribution in [2.75, 3.05) is 4.90 Å². The normalized spacial score (nSPS) is 23.6. The predicted molar refractivity (Wildman–Crippen MR) is 213 cm³/mol. The minimum absolute atomic E-state index is 0.319. The Morgan fingerprint density at radius 1 is 1.04 bits per heavy atom. The van der Waals surface area contributed by atoms with Gasteiger partial charge in [-0.2, -0.15) is 0 Å². The molecule has 3 aromatic rings. The molecule has 5 heteroatoms. The molecule has 4 unspecified atom stereocenters. The summed E-state index contributed by atoms with van der Waals surface area (Å²) in [6.45, 7) is 24.6. The van der Waals surface area contributed by atoms with Crippen molar-refractivity contribution < 1.29 is 0 Å². The van der Waals surface area contributed by atoms with Gasteiger partial charge in [-0.1, -0.05) is 84.7 Å². The van der Waals surface area contributed by atoms with Gasteiger partial charge in [0.2, 0.25) is 0 Å². The van der Waals surface area contributed by atoms with Gasteiger partial charge in [0.15, 0.2) is 0 Å². The van der Waals surface area contributed by atoms with E-state index in [-0.39, 0.29) is 5.54 Å². The van der Waals surface area contributed by atoms with Crippen molar-refractivity contribution in [3.05, 3.63) is 120 Å². The first-order chi connectivity index (χ1) is 22.8. The average molecular weight is 678 g/mol. The molecule has 0 fully saturated rings. The van der Waals surface area contributed by atoms with E-state index in [2.05, 4.69) is 153 Å². The molecule has 1 N–H and O–H groups in total. The summed E-state index contributed by atoms with van der Waals surface area (Å²) < 4.78 is 0. The van der Waals surface area contributed by atoms with Crippen LogP contribution in [-0.4, -0.2) is 17.2 Å². The molecule has 48 heavy (non-hydrogen) atoms. The van der Waals surface area contributed by atoms with Crippen LogP contribution in [0, 0.1) is 37.5 Å². The Labute approximate surface area is 298 Å². The zero-order chi connectivity index (χ0) is 35.0. The summed E-state index contributed by atoms with van der Waals surface area (Å²) in [6.07, 6.45) is 11.3. The van der Waals surface area contributed by atoms with Crippen LogP contribution in [0.3, 0.4) is 0 Å². The third kappa shape index (κ3) is 6.78. The van der Waals surface area contributed by atoms with Gasteiger partial charge < -0.3 is 0 Å². The highest BCUT2D eigenvalue weighted by atomic mass is 32.1. The van der Waals surface area contributed by atoms with Gasteiger partial charge in [0.1, 0.15) is 11.7 Å². The third-order valence-corrected chi connectivity index (χ3v) is 12.7. The first-order valence-electron chi connectivity index (χ1n) is 17.6. The number of anilines is 1. The monoisotopic (exact) mass is 677 g/mol. The van der Waals surface area contributed by atoms with Crippen LogP contribution in [0.2, 0.25) is 0 Å². The molecule has 2 aliphatic carbocycles. The molecule has 1 aromatic carbocycles. The second-order valence-electron chi connectivity index (χ2n) is 14.7.